The number of ether oxygens (including phenoxy) is 1. The van der Waals surface area contributed by atoms with E-state index < -0.39 is 19.8 Å². The molecule has 2 aromatic rings. The Morgan fingerprint density at radius 2 is 1.84 bits per heavy atom. The summed E-state index contributed by atoms with van der Waals surface area (Å²) in [5, 5.41) is 4.18. The molecule has 0 aliphatic rings. The van der Waals surface area contributed by atoms with Gasteiger partial charge in [0.2, 0.25) is 0 Å². The number of esters is 1. The zero-order valence-corrected chi connectivity index (χ0v) is 15.7. The van der Waals surface area contributed by atoms with Crippen molar-refractivity contribution < 1.29 is 23.5 Å². The van der Waals surface area contributed by atoms with E-state index in [1.165, 1.54) is 6.92 Å². The molecule has 2 rings (SSSR count). The van der Waals surface area contributed by atoms with Gasteiger partial charge in [-0.2, -0.15) is 5.09 Å². The smallest absolute Gasteiger partial charge is 0.456 e. The average molecular weight is 365 g/mol. The van der Waals surface area contributed by atoms with Gasteiger partial charge < -0.3 is 14.2 Å². The van der Waals surface area contributed by atoms with E-state index >= 15 is 0 Å². The van der Waals surface area contributed by atoms with Crippen molar-refractivity contribution in [2.24, 2.45) is 5.41 Å². The Balaban J connectivity index is 2.00. The number of hydrogen-bond donors (Lipinski definition) is 2. The molecule has 25 heavy (non-hydrogen) atoms. The lowest BCUT2D eigenvalue weighted by atomic mass is 9.99. The Morgan fingerprint density at radius 3 is 2.48 bits per heavy atom. The molecular formula is C18H24NO5P. The van der Waals surface area contributed by atoms with Crippen LogP contribution in [-0.4, -0.2) is 23.5 Å². The Morgan fingerprint density at radius 1 is 1.20 bits per heavy atom. The van der Waals surface area contributed by atoms with Crippen LogP contribution in [0, 0.1) is 5.41 Å². The van der Waals surface area contributed by atoms with Gasteiger partial charge in [0.05, 0.1) is 6.61 Å². The molecule has 0 saturated carbocycles. The van der Waals surface area contributed by atoms with Crippen molar-refractivity contribution in [1.82, 2.24) is 5.09 Å². The van der Waals surface area contributed by atoms with E-state index in [9.17, 15) is 14.3 Å². The standard InChI is InChI=1S/C18H24NO5P/c1-13(17(20)23-12-18(2,3)4)19-25(21,22)24-16-10-9-14-7-5-6-8-15(14)11-16/h5-11,13H,12H2,1-4H3,(H2,19,21,22)/t13-/m0/s1. The Hall–Kier alpha value is -1.88. The summed E-state index contributed by atoms with van der Waals surface area (Å²) in [5.74, 6) is -0.362. The highest BCUT2D eigenvalue weighted by molar-refractivity contribution is 7.51. The van der Waals surface area contributed by atoms with Crippen molar-refractivity contribution in [3.8, 4) is 5.75 Å². The Labute approximate surface area is 147 Å². The van der Waals surface area contributed by atoms with Crippen LogP contribution in [-0.2, 0) is 14.1 Å². The summed E-state index contributed by atoms with van der Waals surface area (Å²) < 4.78 is 22.6. The monoisotopic (exact) mass is 365 g/mol. The number of rotatable bonds is 6. The van der Waals surface area contributed by atoms with Gasteiger partial charge in [-0.05, 0) is 35.2 Å². The van der Waals surface area contributed by atoms with Crippen molar-refractivity contribution >= 4 is 24.5 Å². The minimum absolute atomic E-state index is 0.181. The number of nitrogens with one attached hydrogen (secondary N) is 1. The summed E-state index contributed by atoms with van der Waals surface area (Å²) >= 11 is 0. The SMILES string of the molecule is C[C@H](NP(=O)(O)Oc1ccc2ccccc2c1)C(=O)OCC(C)(C)C. The van der Waals surface area contributed by atoms with Gasteiger partial charge in [0.25, 0.3) is 0 Å². The number of fused-ring (bicyclic) bond motifs is 1. The topological polar surface area (TPSA) is 84.9 Å². The van der Waals surface area contributed by atoms with Crippen molar-refractivity contribution in [3.63, 3.8) is 0 Å². The molecule has 0 heterocycles. The lowest BCUT2D eigenvalue weighted by Gasteiger charge is -2.21. The first kappa shape index (κ1) is 19.4. The fourth-order valence-electron chi connectivity index (χ4n) is 2.10. The summed E-state index contributed by atoms with van der Waals surface area (Å²) in [6.45, 7) is 7.46. The molecule has 136 valence electrons. The average Bonchev–Trinajstić information content (AvgIpc) is 2.50. The molecule has 0 amide bonds. The van der Waals surface area contributed by atoms with Gasteiger partial charge in [0.15, 0.2) is 0 Å². The fraction of sp³-hybridized carbons (Fsp3) is 0.389. The van der Waals surface area contributed by atoms with Crippen molar-refractivity contribution in [2.45, 2.75) is 33.7 Å². The van der Waals surface area contributed by atoms with Crippen LogP contribution in [0.3, 0.4) is 0 Å². The molecule has 2 N–H and O–H groups in total. The molecule has 6 nitrogen and oxygen atoms in total. The fourth-order valence-corrected chi connectivity index (χ4v) is 3.15. The Kier molecular flexibility index (Phi) is 5.88. The molecule has 0 aromatic heterocycles. The van der Waals surface area contributed by atoms with Gasteiger partial charge in [-0.1, -0.05) is 51.1 Å². The third kappa shape index (κ3) is 6.16. The molecule has 7 heteroatoms. The maximum absolute atomic E-state index is 12.2. The van der Waals surface area contributed by atoms with Gasteiger partial charge in [-0.25, -0.2) is 4.57 Å². The van der Waals surface area contributed by atoms with Crippen LogP contribution in [0.25, 0.3) is 10.8 Å². The van der Waals surface area contributed by atoms with Gasteiger partial charge in [-0.3, -0.25) is 4.79 Å². The maximum Gasteiger partial charge on any atom is 0.456 e. The summed E-state index contributed by atoms with van der Waals surface area (Å²) in [6.07, 6.45) is 0. The number of benzene rings is 2. The first-order valence-corrected chi connectivity index (χ1v) is 9.59. The number of carbonyl (C=O) groups excluding carboxylic acids is 1. The molecule has 0 bridgehead atoms. The van der Waals surface area contributed by atoms with E-state index in [4.69, 9.17) is 9.26 Å². The summed E-state index contributed by atoms with van der Waals surface area (Å²) in [6, 6.07) is 11.7. The number of carbonyl (C=O) groups is 1. The second-order valence-electron chi connectivity index (χ2n) is 7.14. The van der Waals surface area contributed by atoms with Crippen molar-refractivity contribution in [3.05, 3.63) is 42.5 Å². The highest BCUT2D eigenvalue weighted by atomic mass is 31.2. The lowest BCUT2D eigenvalue weighted by Crippen LogP contribution is -2.35. The predicted molar refractivity (Wildman–Crippen MR) is 97.4 cm³/mol. The maximum atomic E-state index is 12.2. The molecule has 0 aliphatic heterocycles. The van der Waals surface area contributed by atoms with Gasteiger partial charge in [0, 0.05) is 0 Å². The van der Waals surface area contributed by atoms with Crippen LogP contribution in [0.2, 0.25) is 0 Å². The van der Waals surface area contributed by atoms with E-state index in [0.29, 0.717) is 0 Å². The van der Waals surface area contributed by atoms with Crippen LogP contribution in [0.4, 0.5) is 0 Å². The highest BCUT2D eigenvalue weighted by Gasteiger charge is 2.29. The van der Waals surface area contributed by atoms with E-state index in [1.807, 2.05) is 45.0 Å². The second kappa shape index (κ2) is 7.56. The van der Waals surface area contributed by atoms with E-state index in [2.05, 4.69) is 5.09 Å². The van der Waals surface area contributed by atoms with E-state index in [0.717, 1.165) is 10.8 Å². The molecular weight excluding hydrogens is 341 g/mol. The minimum atomic E-state index is -4.22. The number of hydrogen-bond acceptors (Lipinski definition) is 4. The summed E-state index contributed by atoms with van der Waals surface area (Å²) in [7, 11) is -4.22. The molecule has 0 radical (unpaired) electrons. The summed E-state index contributed by atoms with van der Waals surface area (Å²) in [5.41, 5.74) is -0.181. The predicted octanol–water partition coefficient (Wildman–Crippen LogP) is 3.89. The normalized spacial score (nSPS) is 15.4. The zero-order valence-electron chi connectivity index (χ0n) is 14.9. The molecule has 1 unspecified atom stereocenters. The lowest BCUT2D eigenvalue weighted by molar-refractivity contribution is -0.148. The molecule has 0 fully saturated rings. The minimum Gasteiger partial charge on any atom is -0.464 e. The van der Waals surface area contributed by atoms with E-state index in [1.54, 1.807) is 18.2 Å². The highest BCUT2D eigenvalue weighted by Crippen LogP contribution is 2.39. The van der Waals surface area contributed by atoms with Crippen molar-refractivity contribution in [1.29, 1.82) is 0 Å². The zero-order chi connectivity index (χ0) is 18.7. The third-order valence-electron chi connectivity index (χ3n) is 3.31. The van der Waals surface area contributed by atoms with Crippen molar-refractivity contribution in [2.75, 3.05) is 6.61 Å². The van der Waals surface area contributed by atoms with Crippen LogP contribution in [0.1, 0.15) is 27.7 Å². The van der Waals surface area contributed by atoms with Gasteiger partial charge in [0.1, 0.15) is 11.8 Å². The van der Waals surface area contributed by atoms with E-state index in [-0.39, 0.29) is 17.8 Å². The molecule has 0 aliphatic carbocycles. The Bertz CT molecular complexity index is 799. The van der Waals surface area contributed by atoms with Crippen LogP contribution in [0.5, 0.6) is 5.75 Å². The van der Waals surface area contributed by atoms with Crippen LogP contribution >= 0.6 is 7.75 Å². The molecule has 2 aromatic carbocycles. The second-order valence-corrected chi connectivity index (χ2v) is 8.62. The third-order valence-corrected chi connectivity index (χ3v) is 4.48. The largest absolute Gasteiger partial charge is 0.464 e. The van der Waals surface area contributed by atoms with Crippen LogP contribution in [0.15, 0.2) is 42.5 Å². The molecule has 0 saturated heterocycles. The van der Waals surface area contributed by atoms with Gasteiger partial charge >= 0.3 is 13.7 Å². The van der Waals surface area contributed by atoms with Crippen LogP contribution < -0.4 is 9.61 Å². The molecule has 2 atom stereocenters. The first-order valence-electron chi connectivity index (χ1n) is 8.01. The summed E-state index contributed by atoms with van der Waals surface area (Å²) in [4.78, 5) is 21.9. The van der Waals surface area contributed by atoms with Gasteiger partial charge in [-0.15, -0.1) is 0 Å². The first-order chi connectivity index (χ1) is 11.6. The quantitative estimate of drug-likeness (QED) is 0.597. The molecule has 0 spiro atoms.